The second-order valence-electron chi connectivity index (χ2n) is 5.81. The Balaban J connectivity index is 2.04. The molecule has 0 saturated heterocycles. The summed E-state index contributed by atoms with van der Waals surface area (Å²) in [6.07, 6.45) is 6.58. The van der Waals surface area contributed by atoms with E-state index < -0.39 is 0 Å². The maximum absolute atomic E-state index is 12.3. The predicted molar refractivity (Wildman–Crippen MR) is 77.5 cm³/mol. The minimum absolute atomic E-state index is 0.0191. The normalized spacial score (nSPS) is 16.7. The SMILES string of the molecule is CC(C)C(N)CCN(C)c1nccn(C2CC2)c1=O. The van der Waals surface area contributed by atoms with Crippen molar-refractivity contribution in [2.24, 2.45) is 11.7 Å². The molecule has 1 aromatic rings. The molecule has 1 atom stereocenters. The molecular weight excluding hydrogens is 240 g/mol. The number of hydrogen-bond acceptors (Lipinski definition) is 4. The van der Waals surface area contributed by atoms with Crippen molar-refractivity contribution < 1.29 is 0 Å². The average molecular weight is 264 g/mol. The second kappa shape index (κ2) is 5.74. The third kappa shape index (κ3) is 3.35. The monoisotopic (exact) mass is 264 g/mol. The molecule has 106 valence electrons. The first-order valence-corrected chi connectivity index (χ1v) is 7.04. The van der Waals surface area contributed by atoms with E-state index in [9.17, 15) is 4.79 Å². The van der Waals surface area contributed by atoms with Crippen molar-refractivity contribution in [2.45, 2.75) is 45.2 Å². The Hall–Kier alpha value is -1.36. The smallest absolute Gasteiger partial charge is 0.293 e. The molecule has 0 bridgehead atoms. The van der Waals surface area contributed by atoms with Crippen molar-refractivity contribution in [1.82, 2.24) is 9.55 Å². The third-order valence-corrected chi connectivity index (χ3v) is 3.81. The Labute approximate surface area is 114 Å². The van der Waals surface area contributed by atoms with Gasteiger partial charge in [0.25, 0.3) is 5.56 Å². The van der Waals surface area contributed by atoms with Crippen LogP contribution in [0.5, 0.6) is 0 Å². The summed E-state index contributed by atoms with van der Waals surface area (Å²) >= 11 is 0. The summed E-state index contributed by atoms with van der Waals surface area (Å²) in [6.45, 7) is 4.99. The summed E-state index contributed by atoms with van der Waals surface area (Å²) in [6, 6.07) is 0.553. The molecule has 0 spiro atoms. The van der Waals surface area contributed by atoms with Crippen molar-refractivity contribution in [1.29, 1.82) is 0 Å². The topological polar surface area (TPSA) is 64.2 Å². The lowest BCUT2D eigenvalue weighted by Crippen LogP contribution is -2.35. The molecule has 1 saturated carbocycles. The van der Waals surface area contributed by atoms with Crippen molar-refractivity contribution >= 4 is 5.82 Å². The van der Waals surface area contributed by atoms with Gasteiger partial charge in [0.15, 0.2) is 5.82 Å². The number of rotatable bonds is 6. The zero-order chi connectivity index (χ0) is 14.0. The highest BCUT2D eigenvalue weighted by Crippen LogP contribution is 2.33. The fourth-order valence-electron chi connectivity index (χ4n) is 2.10. The lowest BCUT2D eigenvalue weighted by molar-refractivity contribution is 0.465. The summed E-state index contributed by atoms with van der Waals surface area (Å²) in [5, 5.41) is 0. The summed E-state index contributed by atoms with van der Waals surface area (Å²) in [5.41, 5.74) is 6.06. The number of anilines is 1. The first-order valence-electron chi connectivity index (χ1n) is 7.04. The van der Waals surface area contributed by atoms with Gasteiger partial charge < -0.3 is 15.2 Å². The van der Waals surface area contributed by atoms with E-state index >= 15 is 0 Å². The van der Waals surface area contributed by atoms with Crippen molar-refractivity contribution in [3.63, 3.8) is 0 Å². The zero-order valence-corrected chi connectivity index (χ0v) is 12.0. The number of nitrogens with two attached hydrogens (primary N) is 1. The minimum Gasteiger partial charge on any atom is -0.355 e. The van der Waals surface area contributed by atoms with Crippen molar-refractivity contribution in [3.05, 3.63) is 22.7 Å². The molecule has 5 heteroatoms. The molecule has 1 unspecified atom stereocenters. The van der Waals surface area contributed by atoms with Gasteiger partial charge in [-0.25, -0.2) is 4.98 Å². The van der Waals surface area contributed by atoms with Gasteiger partial charge in [-0.15, -0.1) is 0 Å². The number of hydrogen-bond donors (Lipinski definition) is 1. The van der Waals surface area contributed by atoms with Gasteiger partial charge >= 0.3 is 0 Å². The fourth-order valence-corrected chi connectivity index (χ4v) is 2.10. The average Bonchev–Trinajstić information content (AvgIpc) is 3.19. The molecular formula is C14H24N4O. The first kappa shape index (κ1) is 14.1. The molecule has 1 heterocycles. The molecule has 0 aromatic carbocycles. The van der Waals surface area contributed by atoms with Crippen LogP contribution in [0.15, 0.2) is 17.2 Å². The third-order valence-electron chi connectivity index (χ3n) is 3.81. The van der Waals surface area contributed by atoms with E-state index in [1.807, 2.05) is 11.9 Å². The Kier molecular flexibility index (Phi) is 4.24. The summed E-state index contributed by atoms with van der Waals surface area (Å²) in [4.78, 5) is 18.4. The molecule has 5 nitrogen and oxygen atoms in total. The standard InChI is InChI=1S/C14H24N4O/c1-10(2)12(15)6-8-17(3)13-14(19)18(9-7-16-13)11-4-5-11/h7,9-12H,4-6,8,15H2,1-3H3. The fraction of sp³-hybridized carbons (Fsp3) is 0.714. The lowest BCUT2D eigenvalue weighted by Gasteiger charge is -2.22. The van der Waals surface area contributed by atoms with Crippen LogP contribution < -0.4 is 16.2 Å². The molecule has 1 fully saturated rings. The van der Waals surface area contributed by atoms with Gasteiger partial charge in [-0.05, 0) is 25.2 Å². The molecule has 1 aliphatic rings. The molecule has 1 aliphatic carbocycles. The predicted octanol–water partition coefficient (Wildman–Crippen LogP) is 1.39. The van der Waals surface area contributed by atoms with E-state index in [1.165, 1.54) is 0 Å². The van der Waals surface area contributed by atoms with Crippen molar-refractivity contribution in [3.8, 4) is 0 Å². The maximum atomic E-state index is 12.3. The Morgan fingerprint density at radius 1 is 1.53 bits per heavy atom. The Morgan fingerprint density at radius 2 is 2.21 bits per heavy atom. The van der Waals surface area contributed by atoms with Gasteiger partial charge in [-0.1, -0.05) is 13.8 Å². The number of nitrogens with zero attached hydrogens (tertiary/aromatic N) is 3. The van der Waals surface area contributed by atoms with Gasteiger partial charge in [0.05, 0.1) is 0 Å². The minimum atomic E-state index is 0.0191. The maximum Gasteiger partial charge on any atom is 0.293 e. The van der Waals surface area contributed by atoms with Crippen molar-refractivity contribution in [2.75, 3.05) is 18.5 Å². The second-order valence-corrected chi connectivity index (χ2v) is 5.81. The van der Waals surface area contributed by atoms with Crippen LogP contribution in [-0.2, 0) is 0 Å². The van der Waals surface area contributed by atoms with Crippen LogP contribution in [0.2, 0.25) is 0 Å². The molecule has 0 radical (unpaired) electrons. The van der Waals surface area contributed by atoms with Gasteiger partial charge in [0.2, 0.25) is 0 Å². The van der Waals surface area contributed by atoms with E-state index in [0.717, 1.165) is 25.8 Å². The van der Waals surface area contributed by atoms with Crippen LogP contribution in [0.1, 0.15) is 39.2 Å². The Morgan fingerprint density at radius 3 is 2.79 bits per heavy atom. The molecule has 2 N–H and O–H groups in total. The van der Waals surface area contributed by atoms with Gasteiger partial charge in [0.1, 0.15) is 0 Å². The molecule has 19 heavy (non-hydrogen) atoms. The highest BCUT2D eigenvalue weighted by molar-refractivity contribution is 5.34. The summed E-state index contributed by atoms with van der Waals surface area (Å²) in [7, 11) is 1.91. The highest BCUT2D eigenvalue weighted by Gasteiger charge is 2.25. The van der Waals surface area contributed by atoms with Crippen LogP contribution in [0.4, 0.5) is 5.82 Å². The van der Waals surface area contributed by atoms with Gasteiger partial charge in [-0.2, -0.15) is 0 Å². The molecule has 1 aromatic heterocycles. The molecule has 0 amide bonds. The Bertz CT molecular complexity index is 479. The lowest BCUT2D eigenvalue weighted by atomic mass is 10.0. The van der Waals surface area contributed by atoms with Crippen LogP contribution in [0.25, 0.3) is 0 Å². The summed E-state index contributed by atoms with van der Waals surface area (Å²) < 4.78 is 1.81. The van der Waals surface area contributed by atoms with Crippen LogP contribution in [-0.4, -0.2) is 29.2 Å². The van der Waals surface area contributed by atoms with Crippen LogP contribution >= 0.6 is 0 Å². The van der Waals surface area contributed by atoms with Crippen LogP contribution in [0, 0.1) is 5.92 Å². The van der Waals surface area contributed by atoms with E-state index in [4.69, 9.17) is 5.73 Å². The van der Waals surface area contributed by atoms with E-state index in [0.29, 0.717) is 17.8 Å². The van der Waals surface area contributed by atoms with Gasteiger partial charge in [0, 0.05) is 38.1 Å². The van der Waals surface area contributed by atoms with E-state index in [1.54, 1.807) is 17.0 Å². The first-order chi connectivity index (χ1) is 9.00. The quantitative estimate of drug-likeness (QED) is 0.843. The molecule has 2 rings (SSSR count). The summed E-state index contributed by atoms with van der Waals surface area (Å²) in [5.74, 6) is 0.991. The van der Waals surface area contributed by atoms with Gasteiger partial charge in [-0.3, -0.25) is 4.79 Å². The zero-order valence-electron chi connectivity index (χ0n) is 12.0. The number of aromatic nitrogens is 2. The largest absolute Gasteiger partial charge is 0.355 e. The van der Waals surface area contributed by atoms with Crippen LogP contribution in [0.3, 0.4) is 0 Å². The highest BCUT2D eigenvalue weighted by atomic mass is 16.1. The van der Waals surface area contributed by atoms with E-state index in [-0.39, 0.29) is 11.6 Å². The molecule has 0 aliphatic heterocycles. The van der Waals surface area contributed by atoms with E-state index in [2.05, 4.69) is 18.8 Å².